The zero-order valence-corrected chi connectivity index (χ0v) is 12.7. The van der Waals surface area contributed by atoms with Crippen molar-refractivity contribution in [2.24, 2.45) is 5.73 Å². The van der Waals surface area contributed by atoms with Crippen LogP contribution in [0.2, 0.25) is 0 Å². The second-order valence-corrected chi connectivity index (χ2v) is 6.51. The second kappa shape index (κ2) is 5.85. The maximum Gasteiger partial charge on any atom is 0.324 e. The molecule has 20 heavy (non-hydrogen) atoms. The third-order valence-corrected chi connectivity index (χ3v) is 3.67. The number of rotatable bonds is 4. The Morgan fingerprint density at radius 2 is 2.25 bits per heavy atom. The highest BCUT2D eigenvalue weighted by atomic mass is 32.2. The Labute approximate surface area is 122 Å². The molecule has 5 nitrogen and oxygen atoms in total. The number of hydrogen-bond acceptors (Lipinski definition) is 5. The van der Waals surface area contributed by atoms with Crippen molar-refractivity contribution >= 4 is 23.4 Å². The van der Waals surface area contributed by atoms with E-state index >= 15 is 0 Å². The molecule has 2 rings (SSSR count). The molecular weight excluding hydrogens is 274 g/mol. The number of nitrogens with two attached hydrogens (primary N) is 1. The van der Waals surface area contributed by atoms with Gasteiger partial charge in [-0.15, -0.1) is 11.8 Å². The van der Waals surface area contributed by atoms with Crippen LogP contribution < -0.4 is 5.73 Å². The van der Waals surface area contributed by atoms with Crippen molar-refractivity contribution in [1.29, 1.82) is 0 Å². The zero-order valence-electron chi connectivity index (χ0n) is 11.9. The first kappa shape index (κ1) is 14.9. The highest BCUT2D eigenvalue weighted by molar-refractivity contribution is 7.99. The summed E-state index contributed by atoms with van der Waals surface area (Å²) in [5.74, 6) is 0.0921. The second-order valence-electron chi connectivity index (χ2n) is 5.47. The topological polar surface area (TPSA) is 69.6 Å². The first-order valence-corrected chi connectivity index (χ1v) is 7.39. The van der Waals surface area contributed by atoms with E-state index in [0.717, 1.165) is 10.7 Å². The van der Waals surface area contributed by atoms with Crippen LogP contribution in [0.5, 0.6) is 0 Å². The SMILES string of the molecule is CC(C)(C)OC(=O)C(N)CSc1cccc2nccn12. The number of ether oxygens (including phenoxy) is 1. The lowest BCUT2D eigenvalue weighted by molar-refractivity contribution is -0.155. The van der Waals surface area contributed by atoms with Gasteiger partial charge in [-0.05, 0) is 32.9 Å². The van der Waals surface area contributed by atoms with Crippen LogP contribution in [-0.2, 0) is 9.53 Å². The molecule has 0 aliphatic heterocycles. The summed E-state index contributed by atoms with van der Waals surface area (Å²) in [6.45, 7) is 5.49. The number of thioether (sulfide) groups is 1. The van der Waals surface area contributed by atoms with Gasteiger partial charge < -0.3 is 10.5 Å². The number of nitrogens with zero attached hydrogens (tertiary/aromatic N) is 2. The van der Waals surface area contributed by atoms with E-state index in [-0.39, 0.29) is 5.97 Å². The molecule has 1 unspecified atom stereocenters. The normalized spacial score (nSPS) is 13.4. The average Bonchev–Trinajstić information content (AvgIpc) is 2.82. The number of imidazole rings is 1. The van der Waals surface area contributed by atoms with E-state index in [0.29, 0.717) is 5.75 Å². The average molecular weight is 293 g/mol. The lowest BCUT2D eigenvalue weighted by Crippen LogP contribution is -2.39. The van der Waals surface area contributed by atoms with Crippen molar-refractivity contribution in [3.63, 3.8) is 0 Å². The Morgan fingerprint density at radius 3 is 2.95 bits per heavy atom. The number of carbonyl (C=O) groups excluding carboxylic acids is 1. The third kappa shape index (κ3) is 3.74. The van der Waals surface area contributed by atoms with Gasteiger partial charge in [0.2, 0.25) is 0 Å². The van der Waals surface area contributed by atoms with E-state index in [1.54, 1.807) is 6.20 Å². The summed E-state index contributed by atoms with van der Waals surface area (Å²) in [6.07, 6.45) is 3.63. The first-order valence-electron chi connectivity index (χ1n) is 6.40. The van der Waals surface area contributed by atoms with Crippen LogP contribution in [0, 0.1) is 0 Å². The van der Waals surface area contributed by atoms with Crippen molar-refractivity contribution in [2.75, 3.05) is 5.75 Å². The van der Waals surface area contributed by atoms with Crippen molar-refractivity contribution in [3.05, 3.63) is 30.6 Å². The van der Waals surface area contributed by atoms with E-state index in [1.807, 2.05) is 49.6 Å². The summed E-state index contributed by atoms with van der Waals surface area (Å²) < 4.78 is 7.23. The smallest absolute Gasteiger partial charge is 0.324 e. The Kier molecular flexibility index (Phi) is 4.35. The van der Waals surface area contributed by atoms with Crippen LogP contribution in [0.3, 0.4) is 0 Å². The molecule has 6 heteroatoms. The highest BCUT2D eigenvalue weighted by Gasteiger charge is 2.22. The van der Waals surface area contributed by atoms with Crippen LogP contribution in [0.1, 0.15) is 20.8 Å². The lowest BCUT2D eigenvalue weighted by Gasteiger charge is -2.22. The molecule has 0 aliphatic carbocycles. The fourth-order valence-corrected chi connectivity index (χ4v) is 2.61. The van der Waals surface area contributed by atoms with Crippen molar-refractivity contribution in [1.82, 2.24) is 9.38 Å². The molecule has 0 spiro atoms. The predicted octanol–water partition coefficient (Wildman–Crippen LogP) is 2.10. The van der Waals surface area contributed by atoms with Gasteiger partial charge in [0.1, 0.15) is 17.3 Å². The number of hydrogen-bond donors (Lipinski definition) is 1. The number of pyridine rings is 1. The van der Waals surface area contributed by atoms with Crippen LogP contribution in [0.4, 0.5) is 0 Å². The summed E-state index contributed by atoms with van der Waals surface area (Å²) in [6, 6.07) is 5.20. The van der Waals surface area contributed by atoms with Gasteiger partial charge in [-0.3, -0.25) is 9.20 Å². The molecule has 108 valence electrons. The van der Waals surface area contributed by atoms with Crippen LogP contribution in [-0.4, -0.2) is 32.7 Å². The minimum Gasteiger partial charge on any atom is -0.459 e. The maximum absolute atomic E-state index is 11.8. The van der Waals surface area contributed by atoms with Crippen molar-refractivity contribution in [3.8, 4) is 0 Å². The molecule has 0 radical (unpaired) electrons. The summed E-state index contributed by atoms with van der Waals surface area (Å²) >= 11 is 1.51. The first-order chi connectivity index (χ1) is 9.37. The van der Waals surface area contributed by atoms with Crippen molar-refractivity contribution < 1.29 is 9.53 Å². The van der Waals surface area contributed by atoms with E-state index in [9.17, 15) is 4.79 Å². The molecule has 2 aromatic heterocycles. The molecule has 0 bridgehead atoms. The van der Waals surface area contributed by atoms with Crippen LogP contribution in [0.25, 0.3) is 5.65 Å². The molecular formula is C14H19N3O2S. The monoisotopic (exact) mass is 293 g/mol. The van der Waals surface area contributed by atoms with Gasteiger partial charge in [0.05, 0.1) is 5.03 Å². The molecule has 2 N–H and O–H groups in total. The summed E-state index contributed by atoms with van der Waals surface area (Å²) in [4.78, 5) is 16.0. The van der Waals surface area contributed by atoms with Crippen LogP contribution in [0.15, 0.2) is 35.6 Å². The van der Waals surface area contributed by atoms with E-state index in [2.05, 4.69) is 4.98 Å². The van der Waals surface area contributed by atoms with Gasteiger partial charge in [-0.25, -0.2) is 4.98 Å². The molecule has 2 aromatic rings. The largest absolute Gasteiger partial charge is 0.459 e. The number of carbonyl (C=O) groups is 1. The quantitative estimate of drug-likeness (QED) is 0.690. The Bertz CT molecular complexity index is 604. The molecule has 0 fully saturated rings. The molecule has 0 saturated heterocycles. The van der Waals surface area contributed by atoms with Gasteiger partial charge in [0, 0.05) is 18.1 Å². The Hall–Kier alpha value is -1.53. The predicted molar refractivity (Wildman–Crippen MR) is 79.7 cm³/mol. The van der Waals surface area contributed by atoms with Gasteiger partial charge >= 0.3 is 5.97 Å². The van der Waals surface area contributed by atoms with Gasteiger partial charge in [0.15, 0.2) is 0 Å². The van der Waals surface area contributed by atoms with E-state index in [1.165, 1.54) is 11.8 Å². The standard InChI is InChI=1S/C14H19N3O2S/c1-14(2,3)19-13(18)10(15)9-20-12-6-4-5-11-16-7-8-17(11)12/h4-8,10H,9,15H2,1-3H3. The summed E-state index contributed by atoms with van der Waals surface area (Å²) in [5.41, 5.74) is 6.24. The highest BCUT2D eigenvalue weighted by Crippen LogP contribution is 2.20. The minimum absolute atomic E-state index is 0.372. The van der Waals surface area contributed by atoms with Gasteiger partial charge in [-0.1, -0.05) is 6.07 Å². The molecule has 0 saturated carbocycles. The molecule has 1 atom stereocenters. The summed E-state index contributed by atoms with van der Waals surface area (Å²) in [7, 11) is 0. The Morgan fingerprint density at radius 1 is 1.50 bits per heavy atom. The summed E-state index contributed by atoms with van der Waals surface area (Å²) in [5, 5.41) is 0.999. The lowest BCUT2D eigenvalue weighted by atomic mass is 10.2. The maximum atomic E-state index is 11.8. The Balaban J connectivity index is 1.98. The molecule has 2 heterocycles. The molecule has 0 aliphatic rings. The van der Waals surface area contributed by atoms with E-state index in [4.69, 9.17) is 10.5 Å². The van der Waals surface area contributed by atoms with Crippen molar-refractivity contribution in [2.45, 2.75) is 37.4 Å². The zero-order chi connectivity index (χ0) is 14.8. The molecule has 0 aromatic carbocycles. The van der Waals surface area contributed by atoms with E-state index < -0.39 is 11.6 Å². The van der Waals surface area contributed by atoms with Gasteiger partial charge in [0.25, 0.3) is 0 Å². The fraction of sp³-hybridized carbons (Fsp3) is 0.429. The number of esters is 1. The molecule has 0 amide bonds. The number of aromatic nitrogens is 2. The fourth-order valence-electron chi connectivity index (χ4n) is 1.66. The van der Waals surface area contributed by atoms with Gasteiger partial charge in [-0.2, -0.15) is 0 Å². The number of fused-ring (bicyclic) bond motifs is 1. The third-order valence-electron chi connectivity index (χ3n) is 2.51. The minimum atomic E-state index is -0.641. The van der Waals surface area contributed by atoms with Crippen LogP contribution >= 0.6 is 11.8 Å².